The van der Waals surface area contributed by atoms with Gasteiger partial charge >= 0.3 is 0 Å². The van der Waals surface area contributed by atoms with Gasteiger partial charge in [0.05, 0.1) is 0 Å². The van der Waals surface area contributed by atoms with Gasteiger partial charge in [0.2, 0.25) is 0 Å². The highest BCUT2D eigenvalue weighted by Gasteiger charge is 2.09. The van der Waals surface area contributed by atoms with Crippen LogP contribution in [0.3, 0.4) is 0 Å². The SMILES string of the molecule is CCC(C)/C(N)=C\C(C)NCCN1CCCCC1. The van der Waals surface area contributed by atoms with Crippen molar-refractivity contribution in [3.05, 3.63) is 11.8 Å². The maximum absolute atomic E-state index is 6.05. The molecule has 1 saturated heterocycles. The molecule has 1 rings (SSSR count). The van der Waals surface area contributed by atoms with Crippen LogP contribution in [-0.2, 0) is 0 Å². The third kappa shape index (κ3) is 5.87. The molecule has 0 aromatic carbocycles. The zero-order valence-corrected chi connectivity index (χ0v) is 12.4. The van der Waals surface area contributed by atoms with Crippen molar-refractivity contribution >= 4 is 0 Å². The van der Waals surface area contributed by atoms with Gasteiger partial charge in [-0.2, -0.15) is 0 Å². The third-order valence-corrected chi connectivity index (χ3v) is 3.97. The average Bonchev–Trinajstić information content (AvgIpc) is 2.38. The van der Waals surface area contributed by atoms with Crippen LogP contribution in [0, 0.1) is 5.92 Å². The van der Waals surface area contributed by atoms with E-state index in [1.165, 1.54) is 38.9 Å². The predicted molar refractivity (Wildman–Crippen MR) is 79.5 cm³/mol. The summed E-state index contributed by atoms with van der Waals surface area (Å²) in [5.41, 5.74) is 7.08. The Hall–Kier alpha value is -0.540. The Bertz CT molecular complexity index is 244. The Labute approximate surface area is 113 Å². The maximum atomic E-state index is 6.05. The van der Waals surface area contributed by atoms with E-state index in [4.69, 9.17) is 5.73 Å². The second-order valence-electron chi connectivity index (χ2n) is 5.62. The summed E-state index contributed by atoms with van der Waals surface area (Å²) in [6.07, 6.45) is 7.44. The Morgan fingerprint density at radius 2 is 1.94 bits per heavy atom. The van der Waals surface area contributed by atoms with E-state index in [1.54, 1.807) is 0 Å². The molecule has 2 atom stereocenters. The van der Waals surface area contributed by atoms with Gasteiger partial charge in [0.1, 0.15) is 0 Å². The normalized spacial score (nSPS) is 21.8. The highest BCUT2D eigenvalue weighted by molar-refractivity contribution is 5.04. The molecule has 2 unspecified atom stereocenters. The summed E-state index contributed by atoms with van der Waals surface area (Å²) >= 11 is 0. The number of rotatable bonds is 7. The van der Waals surface area contributed by atoms with Crippen molar-refractivity contribution in [3.8, 4) is 0 Å². The van der Waals surface area contributed by atoms with E-state index in [-0.39, 0.29) is 0 Å². The lowest BCUT2D eigenvalue weighted by Crippen LogP contribution is -2.38. The van der Waals surface area contributed by atoms with Crippen molar-refractivity contribution in [3.63, 3.8) is 0 Å². The molecular formula is C15H31N3. The highest BCUT2D eigenvalue weighted by atomic mass is 15.1. The molecule has 1 fully saturated rings. The molecule has 0 aromatic rings. The minimum absolute atomic E-state index is 0.379. The van der Waals surface area contributed by atoms with E-state index >= 15 is 0 Å². The first-order valence-corrected chi connectivity index (χ1v) is 7.56. The van der Waals surface area contributed by atoms with Crippen molar-refractivity contribution < 1.29 is 0 Å². The lowest BCUT2D eigenvalue weighted by atomic mass is 10.0. The molecule has 3 N–H and O–H groups in total. The van der Waals surface area contributed by atoms with Gasteiger partial charge in [-0.1, -0.05) is 20.3 Å². The van der Waals surface area contributed by atoms with E-state index in [9.17, 15) is 0 Å². The fourth-order valence-corrected chi connectivity index (χ4v) is 2.38. The van der Waals surface area contributed by atoms with Crippen LogP contribution in [0.15, 0.2) is 11.8 Å². The number of hydrogen-bond donors (Lipinski definition) is 2. The molecule has 0 saturated carbocycles. The molecule has 0 amide bonds. The zero-order valence-electron chi connectivity index (χ0n) is 12.4. The smallest absolute Gasteiger partial charge is 0.0241 e. The van der Waals surface area contributed by atoms with Crippen molar-refractivity contribution in [2.75, 3.05) is 26.2 Å². The molecule has 1 heterocycles. The number of nitrogens with two attached hydrogens (primary N) is 1. The first-order chi connectivity index (χ1) is 8.63. The predicted octanol–water partition coefficient (Wildman–Crippen LogP) is 2.34. The largest absolute Gasteiger partial charge is 0.402 e. The van der Waals surface area contributed by atoms with E-state index in [0.717, 1.165) is 18.7 Å². The quantitative estimate of drug-likeness (QED) is 0.732. The molecule has 3 nitrogen and oxygen atoms in total. The van der Waals surface area contributed by atoms with Crippen LogP contribution in [0.5, 0.6) is 0 Å². The van der Waals surface area contributed by atoms with E-state index in [1.807, 2.05) is 0 Å². The van der Waals surface area contributed by atoms with Crippen LogP contribution < -0.4 is 11.1 Å². The molecule has 106 valence electrons. The molecule has 3 heteroatoms. The highest BCUT2D eigenvalue weighted by Crippen LogP contribution is 2.09. The Morgan fingerprint density at radius 3 is 2.56 bits per heavy atom. The van der Waals surface area contributed by atoms with Crippen LogP contribution in [0.4, 0.5) is 0 Å². The number of allylic oxidation sites excluding steroid dienone is 1. The minimum atomic E-state index is 0.379. The first kappa shape index (κ1) is 15.5. The van der Waals surface area contributed by atoms with E-state index in [2.05, 4.69) is 37.1 Å². The van der Waals surface area contributed by atoms with Crippen LogP contribution >= 0.6 is 0 Å². The lowest BCUT2D eigenvalue weighted by Gasteiger charge is -2.27. The number of piperidine rings is 1. The molecule has 0 bridgehead atoms. The number of hydrogen-bond acceptors (Lipinski definition) is 3. The van der Waals surface area contributed by atoms with E-state index < -0.39 is 0 Å². The topological polar surface area (TPSA) is 41.3 Å². The standard InChI is InChI=1S/C15H31N3/c1-4-13(2)15(16)12-14(3)17-8-11-18-9-6-5-7-10-18/h12-14,17H,4-11,16H2,1-3H3/b15-12+. The monoisotopic (exact) mass is 253 g/mol. The molecule has 0 aromatic heterocycles. The van der Waals surface area contributed by atoms with Crippen LogP contribution in [0.25, 0.3) is 0 Å². The van der Waals surface area contributed by atoms with Crippen LogP contribution in [-0.4, -0.2) is 37.1 Å². The summed E-state index contributed by atoms with van der Waals surface area (Å²) in [6, 6.07) is 0.379. The third-order valence-electron chi connectivity index (χ3n) is 3.97. The number of nitrogens with zero attached hydrogens (tertiary/aromatic N) is 1. The molecule has 0 spiro atoms. The van der Waals surface area contributed by atoms with Gasteiger partial charge in [-0.3, -0.25) is 0 Å². The van der Waals surface area contributed by atoms with Crippen molar-refractivity contribution in [1.29, 1.82) is 0 Å². The average molecular weight is 253 g/mol. The summed E-state index contributed by atoms with van der Waals surface area (Å²) in [5.74, 6) is 0.497. The summed E-state index contributed by atoms with van der Waals surface area (Å²) in [7, 11) is 0. The van der Waals surface area contributed by atoms with Gasteiger partial charge in [-0.05, 0) is 51.3 Å². The van der Waals surface area contributed by atoms with Crippen LogP contribution in [0.1, 0.15) is 46.5 Å². The van der Waals surface area contributed by atoms with Crippen molar-refractivity contribution in [2.45, 2.75) is 52.5 Å². The Kier molecular flexibility index (Phi) is 7.36. The fourth-order valence-electron chi connectivity index (χ4n) is 2.38. The molecule has 18 heavy (non-hydrogen) atoms. The van der Waals surface area contributed by atoms with Gasteiger partial charge in [0, 0.05) is 24.8 Å². The van der Waals surface area contributed by atoms with Crippen molar-refractivity contribution in [2.24, 2.45) is 11.7 Å². The number of nitrogens with one attached hydrogen (secondary N) is 1. The summed E-state index contributed by atoms with van der Waals surface area (Å²) in [6.45, 7) is 11.3. The molecule has 1 aliphatic heterocycles. The lowest BCUT2D eigenvalue weighted by molar-refractivity contribution is 0.228. The molecule has 0 radical (unpaired) electrons. The second-order valence-corrected chi connectivity index (χ2v) is 5.62. The Balaban J connectivity index is 2.17. The van der Waals surface area contributed by atoms with Crippen molar-refractivity contribution in [1.82, 2.24) is 10.2 Å². The maximum Gasteiger partial charge on any atom is 0.0241 e. The summed E-state index contributed by atoms with van der Waals surface area (Å²) in [4.78, 5) is 2.56. The Morgan fingerprint density at radius 1 is 1.28 bits per heavy atom. The molecular weight excluding hydrogens is 222 g/mol. The van der Waals surface area contributed by atoms with Gasteiger partial charge in [0.15, 0.2) is 0 Å². The zero-order chi connectivity index (χ0) is 13.4. The van der Waals surface area contributed by atoms with Crippen LogP contribution in [0.2, 0.25) is 0 Å². The fraction of sp³-hybridized carbons (Fsp3) is 0.867. The van der Waals surface area contributed by atoms with Gasteiger partial charge < -0.3 is 16.0 Å². The van der Waals surface area contributed by atoms with E-state index in [0.29, 0.717) is 12.0 Å². The second kappa shape index (κ2) is 8.54. The molecule has 1 aliphatic rings. The van der Waals surface area contributed by atoms with Gasteiger partial charge in [0.25, 0.3) is 0 Å². The first-order valence-electron chi connectivity index (χ1n) is 7.56. The summed E-state index contributed by atoms with van der Waals surface area (Å²) in [5, 5.41) is 3.54. The summed E-state index contributed by atoms with van der Waals surface area (Å²) < 4.78 is 0. The van der Waals surface area contributed by atoms with Gasteiger partial charge in [-0.25, -0.2) is 0 Å². The van der Waals surface area contributed by atoms with Gasteiger partial charge in [-0.15, -0.1) is 0 Å². The minimum Gasteiger partial charge on any atom is -0.402 e. The molecule has 0 aliphatic carbocycles. The number of likely N-dealkylation sites (tertiary alicyclic amines) is 1.